The van der Waals surface area contributed by atoms with Crippen LogP contribution in [-0.4, -0.2) is 22.6 Å². The molecule has 0 aliphatic rings. The topological polar surface area (TPSA) is 89.3 Å². The van der Waals surface area contributed by atoms with Gasteiger partial charge in [-0.3, -0.25) is 0 Å². The summed E-state index contributed by atoms with van der Waals surface area (Å²) in [6.45, 7) is 1.65. The third-order valence-corrected chi connectivity index (χ3v) is 1.58. The maximum Gasteiger partial charge on any atom is 0.255 e. The number of carbonyl (C=O) groups is 1. The highest BCUT2D eigenvalue weighted by Gasteiger charge is 2.14. The average molecular weight is 170 g/mol. The van der Waals surface area contributed by atoms with Gasteiger partial charge in [-0.1, -0.05) is 0 Å². The van der Waals surface area contributed by atoms with Crippen molar-refractivity contribution >= 4 is 6.29 Å². The SMILES string of the molecule is Cc1onc(O)c1C[C@@H](N)C=O. The lowest BCUT2D eigenvalue weighted by Crippen LogP contribution is -2.24. The smallest absolute Gasteiger partial charge is 0.255 e. The van der Waals surface area contributed by atoms with Crippen molar-refractivity contribution in [2.24, 2.45) is 5.73 Å². The number of aromatic hydroxyl groups is 1. The van der Waals surface area contributed by atoms with Gasteiger partial charge < -0.3 is 20.2 Å². The van der Waals surface area contributed by atoms with Crippen LogP contribution in [0.15, 0.2) is 4.52 Å². The second-order valence-corrected chi connectivity index (χ2v) is 2.54. The molecule has 1 aromatic rings. The van der Waals surface area contributed by atoms with E-state index in [9.17, 15) is 4.79 Å². The van der Waals surface area contributed by atoms with Crippen LogP contribution in [0.4, 0.5) is 0 Å². The number of aldehydes is 1. The molecule has 0 aromatic carbocycles. The minimum Gasteiger partial charge on any atom is -0.491 e. The lowest BCUT2D eigenvalue weighted by atomic mass is 10.1. The number of rotatable bonds is 3. The molecule has 1 heterocycles. The molecular formula is C7H10N2O3. The summed E-state index contributed by atoms with van der Waals surface area (Å²) < 4.78 is 4.67. The lowest BCUT2D eigenvalue weighted by molar-refractivity contribution is -0.108. The Morgan fingerprint density at radius 3 is 2.92 bits per heavy atom. The molecule has 66 valence electrons. The Morgan fingerprint density at radius 2 is 2.50 bits per heavy atom. The van der Waals surface area contributed by atoms with Crippen LogP contribution in [0.3, 0.4) is 0 Å². The highest BCUT2D eigenvalue weighted by Crippen LogP contribution is 2.19. The number of nitrogens with two attached hydrogens (primary N) is 1. The Labute approximate surface area is 69.2 Å². The maximum absolute atomic E-state index is 10.2. The summed E-state index contributed by atoms with van der Waals surface area (Å²) in [5.41, 5.74) is 5.85. The van der Waals surface area contributed by atoms with Gasteiger partial charge in [-0.2, -0.15) is 0 Å². The molecule has 0 saturated heterocycles. The predicted octanol–water partition coefficient (Wildman–Crippen LogP) is -0.243. The largest absolute Gasteiger partial charge is 0.491 e. The van der Waals surface area contributed by atoms with Gasteiger partial charge in [0.25, 0.3) is 5.88 Å². The van der Waals surface area contributed by atoms with Gasteiger partial charge in [-0.25, -0.2) is 0 Å². The Balaban J connectivity index is 2.80. The summed E-state index contributed by atoms with van der Waals surface area (Å²) >= 11 is 0. The molecule has 5 heteroatoms. The Kier molecular flexibility index (Phi) is 2.44. The molecule has 1 aromatic heterocycles. The van der Waals surface area contributed by atoms with Gasteiger partial charge in [0.15, 0.2) is 0 Å². The number of hydrogen-bond donors (Lipinski definition) is 2. The van der Waals surface area contributed by atoms with Crippen LogP contribution in [0.2, 0.25) is 0 Å². The standard InChI is InChI=1S/C7H10N2O3/c1-4-6(2-5(8)3-10)7(11)9-12-4/h3,5H,2,8H2,1H3,(H,9,11)/t5-/m1/s1. The summed E-state index contributed by atoms with van der Waals surface area (Å²) in [4.78, 5) is 10.2. The first-order chi connectivity index (χ1) is 5.65. The molecule has 12 heavy (non-hydrogen) atoms. The molecule has 0 radical (unpaired) electrons. The van der Waals surface area contributed by atoms with Crippen molar-refractivity contribution in [3.8, 4) is 5.88 Å². The first-order valence-electron chi connectivity index (χ1n) is 3.50. The molecule has 0 bridgehead atoms. The van der Waals surface area contributed by atoms with E-state index in [4.69, 9.17) is 10.8 Å². The minimum atomic E-state index is -0.617. The average Bonchev–Trinajstić information content (AvgIpc) is 2.35. The van der Waals surface area contributed by atoms with Gasteiger partial charge in [0.2, 0.25) is 0 Å². The summed E-state index contributed by atoms with van der Waals surface area (Å²) in [6, 6.07) is -0.617. The van der Waals surface area contributed by atoms with Gasteiger partial charge in [0, 0.05) is 6.42 Å². The molecule has 0 amide bonds. The molecule has 3 N–H and O–H groups in total. The highest BCUT2D eigenvalue weighted by molar-refractivity contribution is 5.58. The molecule has 1 atom stereocenters. The van der Waals surface area contributed by atoms with Crippen molar-refractivity contribution in [3.05, 3.63) is 11.3 Å². The number of nitrogens with zero attached hydrogens (tertiary/aromatic N) is 1. The quantitative estimate of drug-likeness (QED) is 0.611. The van der Waals surface area contributed by atoms with Crippen molar-refractivity contribution in [3.63, 3.8) is 0 Å². The van der Waals surface area contributed by atoms with E-state index in [-0.39, 0.29) is 12.3 Å². The van der Waals surface area contributed by atoms with E-state index in [2.05, 4.69) is 9.68 Å². The van der Waals surface area contributed by atoms with Gasteiger partial charge in [-0.05, 0) is 12.1 Å². The zero-order valence-electron chi connectivity index (χ0n) is 6.65. The zero-order chi connectivity index (χ0) is 9.14. The third-order valence-electron chi connectivity index (χ3n) is 1.58. The fraction of sp³-hybridized carbons (Fsp3) is 0.429. The first kappa shape index (κ1) is 8.73. The van der Waals surface area contributed by atoms with Gasteiger partial charge >= 0.3 is 0 Å². The molecule has 1 rings (SSSR count). The molecule has 0 aliphatic heterocycles. The van der Waals surface area contributed by atoms with Crippen LogP contribution in [-0.2, 0) is 11.2 Å². The van der Waals surface area contributed by atoms with E-state index in [0.717, 1.165) is 0 Å². The van der Waals surface area contributed by atoms with Crippen LogP contribution in [0.1, 0.15) is 11.3 Å². The molecule has 0 saturated carbocycles. The lowest BCUT2D eigenvalue weighted by Gasteiger charge is -2.00. The van der Waals surface area contributed by atoms with Crippen molar-refractivity contribution < 1.29 is 14.4 Å². The Hall–Kier alpha value is -1.36. The summed E-state index contributed by atoms with van der Waals surface area (Å²) in [7, 11) is 0. The number of aryl methyl sites for hydroxylation is 1. The fourth-order valence-corrected chi connectivity index (χ4v) is 0.898. The molecular weight excluding hydrogens is 160 g/mol. The fourth-order valence-electron chi connectivity index (χ4n) is 0.898. The van der Waals surface area contributed by atoms with Gasteiger partial charge in [-0.15, -0.1) is 0 Å². The molecule has 0 unspecified atom stereocenters. The Bertz CT molecular complexity index is 263. The van der Waals surface area contributed by atoms with Gasteiger partial charge in [0.05, 0.1) is 11.6 Å². The normalized spacial score (nSPS) is 12.8. The number of hydrogen-bond acceptors (Lipinski definition) is 5. The second kappa shape index (κ2) is 3.36. The molecule has 5 nitrogen and oxygen atoms in total. The van der Waals surface area contributed by atoms with E-state index in [1.807, 2.05) is 0 Å². The van der Waals surface area contributed by atoms with Crippen molar-refractivity contribution in [1.82, 2.24) is 5.16 Å². The summed E-state index contributed by atoms with van der Waals surface area (Å²) in [5.74, 6) is 0.301. The Morgan fingerprint density at radius 1 is 1.83 bits per heavy atom. The number of aromatic nitrogens is 1. The molecule has 0 aliphatic carbocycles. The molecule has 0 fully saturated rings. The molecule has 0 spiro atoms. The summed E-state index contributed by atoms with van der Waals surface area (Å²) in [5, 5.41) is 12.4. The predicted molar refractivity (Wildman–Crippen MR) is 40.6 cm³/mol. The van der Waals surface area contributed by atoms with Crippen molar-refractivity contribution in [1.29, 1.82) is 0 Å². The summed E-state index contributed by atoms with van der Waals surface area (Å²) in [6.07, 6.45) is 0.872. The monoisotopic (exact) mass is 170 g/mol. The zero-order valence-corrected chi connectivity index (χ0v) is 6.65. The van der Waals surface area contributed by atoms with E-state index in [1.165, 1.54) is 0 Å². The van der Waals surface area contributed by atoms with Gasteiger partial charge in [0.1, 0.15) is 12.0 Å². The van der Waals surface area contributed by atoms with E-state index in [1.54, 1.807) is 6.92 Å². The highest BCUT2D eigenvalue weighted by atomic mass is 16.5. The third kappa shape index (κ3) is 1.62. The van der Waals surface area contributed by atoms with Crippen molar-refractivity contribution in [2.45, 2.75) is 19.4 Å². The maximum atomic E-state index is 10.2. The van der Waals surface area contributed by atoms with E-state index < -0.39 is 6.04 Å². The number of carbonyl (C=O) groups excluding carboxylic acids is 1. The van der Waals surface area contributed by atoms with E-state index in [0.29, 0.717) is 17.6 Å². The first-order valence-corrected chi connectivity index (χ1v) is 3.50. The van der Waals surface area contributed by atoms with Crippen LogP contribution >= 0.6 is 0 Å². The van der Waals surface area contributed by atoms with E-state index >= 15 is 0 Å². The second-order valence-electron chi connectivity index (χ2n) is 2.54. The van der Waals surface area contributed by atoms with Crippen LogP contribution < -0.4 is 5.73 Å². The van der Waals surface area contributed by atoms with Crippen molar-refractivity contribution in [2.75, 3.05) is 0 Å². The van der Waals surface area contributed by atoms with Crippen LogP contribution in [0, 0.1) is 6.92 Å². The van der Waals surface area contributed by atoms with Crippen LogP contribution in [0.5, 0.6) is 5.88 Å². The van der Waals surface area contributed by atoms with Crippen LogP contribution in [0.25, 0.3) is 0 Å². The minimum absolute atomic E-state index is 0.190.